The van der Waals surface area contributed by atoms with Crippen LogP contribution in [0.3, 0.4) is 0 Å². The van der Waals surface area contributed by atoms with Gasteiger partial charge in [-0.15, -0.1) is 11.8 Å². The van der Waals surface area contributed by atoms with Crippen molar-refractivity contribution >= 4 is 17.7 Å². The van der Waals surface area contributed by atoms with E-state index >= 15 is 0 Å². The third kappa shape index (κ3) is 1.45. The number of carbonyl (C=O) groups is 1. The second-order valence-electron chi connectivity index (χ2n) is 5.19. The van der Waals surface area contributed by atoms with Crippen LogP contribution in [0, 0.1) is 5.41 Å². The summed E-state index contributed by atoms with van der Waals surface area (Å²) in [7, 11) is 0. The van der Waals surface area contributed by atoms with E-state index in [1.54, 1.807) is 11.8 Å². The molecule has 1 aromatic rings. The van der Waals surface area contributed by atoms with Gasteiger partial charge in [0.2, 0.25) is 0 Å². The maximum atomic E-state index is 11.6. The largest absolute Gasteiger partial charge is 0.481 e. The van der Waals surface area contributed by atoms with Gasteiger partial charge in [0.1, 0.15) is 0 Å². The molecule has 1 aliphatic carbocycles. The molecular weight excluding hydrogens is 248 g/mol. The lowest BCUT2D eigenvalue weighted by Crippen LogP contribution is -2.56. The van der Waals surface area contributed by atoms with Gasteiger partial charge in [0.05, 0.1) is 24.0 Å². The van der Waals surface area contributed by atoms with Gasteiger partial charge in [0.15, 0.2) is 0 Å². The van der Waals surface area contributed by atoms with Crippen LogP contribution in [-0.4, -0.2) is 30.5 Å². The third-order valence-corrected chi connectivity index (χ3v) is 5.16. The maximum absolute atomic E-state index is 11.6. The van der Waals surface area contributed by atoms with Crippen LogP contribution in [0.2, 0.25) is 0 Å². The lowest BCUT2D eigenvalue weighted by atomic mass is 9.66. The molecule has 1 aliphatic heterocycles. The van der Waals surface area contributed by atoms with Crippen LogP contribution < -0.4 is 0 Å². The zero-order chi connectivity index (χ0) is 12.8. The van der Waals surface area contributed by atoms with Crippen LogP contribution in [0.15, 0.2) is 29.2 Å². The molecule has 2 aliphatic rings. The Morgan fingerprint density at radius 3 is 2.22 bits per heavy atom. The average Bonchev–Trinajstić information content (AvgIpc) is 3.10. The van der Waals surface area contributed by atoms with Crippen molar-refractivity contribution in [3.05, 3.63) is 29.8 Å². The summed E-state index contributed by atoms with van der Waals surface area (Å²) in [6.45, 7) is 1.08. The van der Waals surface area contributed by atoms with Gasteiger partial charge in [-0.3, -0.25) is 4.79 Å². The zero-order valence-corrected chi connectivity index (χ0v) is 11.1. The molecule has 2 fully saturated rings. The van der Waals surface area contributed by atoms with Gasteiger partial charge in [-0.25, -0.2) is 0 Å². The normalized spacial score (nSPS) is 23.2. The number of rotatable bonds is 4. The summed E-state index contributed by atoms with van der Waals surface area (Å²) >= 11 is 1.70. The van der Waals surface area contributed by atoms with Crippen LogP contribution >= 0.6 is 11.8 Å². The molecule has 3 nitrogen and oxygen atoms in total. The van der Waals surface area contributed by atoms with Crippen LogP contribution in [0.1, 0.15) is 18.4 Å². The fraction of sp³-hybridized carbons (Fsp3) is 0.500. The van der Waals surface area contributed by atoms with Gasteiger partial charge >= 0.3 is 5.97 Å². The Morgan fingerprint density at radius 1 is 1.28 bits per heavy atom. The molecule has 1 N–H and O–H groups in total. The van der Waals surface area contributed by atoms with E-state index in [4.69, 9.17) is 4.74 Å². The van der Waals surface area contributed by atoms with E-state index in [-0.39, 0.29) is 5.41 Å². The second-order valence-corrected chi connectivity index (χ2v) is 6.07. The van der Waals surface area contributed by atoms with Gasteiger partial charge in [0.25, 0.3) is 0 Å². The van der Waals surface area contributed by atoms with Crippen LogP contribution in [0.25, 0.3) is 0 Å². The summed E-state index contributed by atoms with van der Waals surface area (Å²) in [6, 6.07) is 8.27. The number of benzene rings is 1. The predicted molar refractivity (Wildman–Crippen MR) is 70.0 cm³/mol. The highest BCUT2D eigenvalue weighted by atomic mass is 32.2. The summed E-state index contributed by atoms with van der Waals surface area (Å²) in [5, 5.41) is 9.51. The highest BCUT2D eigenvalue weighted by Gasteiger charge is 2.68. The fourth-order valence-electron chi connectivity index (χ4n) is 2.96. The highest BCUT2D eigenvalue weighted by molar-refractivity contribution is 7.98. The standard InChI is InChI=1S/C14H16O3S/c1-18-11-4-2-10(3-5-11)14(8-17-9-14)13(6-7-13)12(15)16/h2-5H,6-9H2,1H3,(H,15,16). The SMILES string of the molecule is CSc1ccc(C2(C3(C(=O)O)CC3)COC2)cc1. The van der Waals surface area contributed by atoms with Crippen LogP contribution in [-0.2, 0) is 14.9 Å². The first-order valence-corrected chi connectivity index (χ1v) is 7.33. The number of hydrogen-bond acceptors (Lipinski definition) is 3. The van der Waals surface area contributed by atoms with Crippen molar-refractivity contribution in [1.29, 1.82) is 0 Å². The van der Waals surface area contributed by atoms with Crippen molar-refractivity contribution in [2.75, 3.05) is 19.5 Å². The minimum atomic E-state index is -0.667. The van der Waals surface area contributed by atoms with Gasteiger partial charge in [0, 0.05) is 4.90 Å². The summed E-state index contributed by atoms with van der Waals surface area (Å²) in [5.74, 6) is -0.667. The summed E-state index contributed by atoms with van der Waals surface area (Å²) in [6.07, 6.45) is 3.59. The van der Waals surface area contributed by atoms with Crippen molar-refractivity contribution in [2.45, 2.75) is 23.2 Å². The van der Waals surface area contributed by atoms with E-state index in [0.29, 0.717) is 13.2 Å². The molecular formula is C14H16O3S. The van der Waals surface area contributed by atoms with Gasteiger partial charge in [-0.1, -0.05) is 12.1 Å². The van der Waals surface area contributed by atoms with Crippen molar-refractivity contribution in [3.63, 3.8) is 0 Å². The molecule has 0 unspecified atom stereocenters. The summed E-state index contributed by atoms with van der Waals surface area (Å²) < 4.78 is 5.36. The fourth-order valence-corrected chi connectivity index (χ4v) is 3.37. The van der Waals surface area contributed by atoms with E-state index in [1.165, 1.54) is 4.90 Å². The van der Waals surface area contributed by atoms with Crippen molar-refractivity contribution in [3.8, 4) is 0 Å². The predicted octanol–water partition coefficient (Wildman–Crippen LogP) is 2.54. The van der Waals surface area contributed by atoms with E-state index < -0.39 is 11.4 Å². The highest BCUT2D eigenvalue weighted by Crippen LogP contribution is 2.62. The number of hydrogen-bond donors (Lipinski definition) is 1. The van der Waals surface area contributed by atoms with Crippen molar-refractivity contribution in [1.82, 2.24) is 0 Å². The van der Waals surface area contributed by atoms with Crippen molar-refractivity contribution < 1.29 is 14.6 Å². The number of ether oxygens (including phenoxy) is 1. The number of carboxylic acid groups (broad SMARTS) is 1. The monoisotopic (exact) mass is 264 g/mol. The summed E-state index contributed by atoms with van der Waals surface area (Å²) in [5.41, 5.74) is 0.244. The molecule has 4 heteroatoms. The molecule has 1 saturated heterocycles. The van der Waals surface area contributed by atoms with Gasteiger partial charge in [-0.05, 0) is 36.8 Å². The molecule has 0 atom stereocenters. The molecule has 0 spiro atoms. The lowest BCUT2D eigenvalue weighted by molar-refractivity contribution is -0.161. The molecule has 1 saturated carbocycles. The molecule has 0 bridgehead atoms. The Bertz CT molecular complexity index is 472. The van der Waals surface area contributed by atoms with E-state index in [0.717, 1.165) is 18.4 Å². The second kappa shape index (κ2) is 4.00. The molecule has 1 aromatic carbocycles. The average molecular weight is 264 g/mol. The van der Waals surface area contributed by atoms with E-state index in [1.807, 2.05) is 6.26 Å². The topological polar surface area (TPSA) is 46.5 Å². The Morgan fingerprint density at radius 2 is 1.89 bits per heavy atom. The minimum Gasteiger partial charge on any atom is -0.481 e. The minimum absolute atomic E-state index is 0.296. The molecule has 0 amide bonds. The molecule has 0 aromatic heterocycles. The molecule has 3 rings (SSSR count). The number of aliphatic carboxylic acids is 1. The first-order valence-electron chi connectivity index (χ1n) is 6.10. The molecule has 0 radical (unpaired) electrons. The first kappa shape index (κ1) is 12.1. The third-order valence-electron chi connectivity index (χ3n) is 4.41. The van der Waals surface area contributed by atoms with Gasteiger partial charge < -0.3 is 9.84 Å². The van der Waals surface area contributed by atoms with Crippen LogP contribution in [0.4, 0.5) is 0 Å². The smallest absolute Gasteiger partial charge is 0.310 e. The Kier molecular flexibility index (Phi) is 2.68. The Labute approximate surface area is 111 Å². The molecule has 18 heavy (non-hydrogen) atoms. The Balaban J connectivity index is 1.99. The molecule has 96 valence electrons. The maximum Gasteiger partial charge on any atom is 0.310 e. The number of carboxylic acids is 1. The van der Waals surface area contributed by atoms with Crippen LogP contribution in [0.5, 0.6) is 0 Å². The zero-order valence-electron chi connectivity index (χ0n) is 10.3. The quantitative estimate of drug-likeness (QED) is 0.849. The Hall–Kier alpha value is -1.00. The molecule has 1 heterocycles. The van der Waals surface area contributed by atoms with E-state index in [2.05, 4.69) is 24.3 Å². The first-order chi connectivity index (χ1) is 8.64. The van der Waals surface area contributed by atoms with Crippen molar-refractivity contribution in [2.24, 2.45) is 5.41 Å². The van der Waals surface area contributed by atoms with E-state index in [9.17, 15) is 9.90 Å². The summed E-state index contributed by atoms with van der Waals surface area (Å²) in [4.78, 5) is 12.8. The van der Waals surface area contributed by atoms with Gasteiger partial charge in [-0.2, -0.15) is 0 Å². The number of thioether (sulfide) groups is 1. The lowest BCUT2D eigenvalue weighted by Gasteiger charge is -2.46.